The van der Waals surface area contributed by atoms with Crippen molar-refractivity contribution in [2.24, 2.45) is 0 Å². The van der Waals surface area contributed by atoms with Crippen molar-refractivity contribution in [1.82, 2.24) is 10.2 Å². The Morgan fingerprint density at radius 2 is 1.90 bits per heavy atom. The minimum Gasteiger partial charge on any atom is -0.495 e. The summed E-state index contributed by atoms with van der Waals surface area (Å²) in [7, 11) is 3.20. The molecule has 2 rings (SSSR count). The molecule has 2 aromatic carbocycles. The zero-order chi connectivity index (χ0) is 21.4. The number of carbonyl (C=O) groups excluding carboxylic acids is 2. The molecule has 0 aliphatic carbocycles. The monoisotopic (exact) mass is 421 g/mol. The molecule has 0 saturated heterocycles. The number of benzene rings is 2. The molecule has 1 atom stereocenters. The fourth-order valence-corrected chi connectivity index (χ4v) is 2.83. The molecule has 2 amide bonds. The Hall–Kier alpha value is -2.64. The summed E-state index contributed by atoms with van der Waals surface area (Å²) in [6.45, 7) is 2.16. The molecule has 0 spiro atoms. The number of amides is 2. The third kappa shape index (κ3) is 7.03. The maximum absolute atomic E-state index is 12.9. The molecule has 156 valence electrons. The molecule has 2 N–H and O–H groups in total. The van der Waals surface area contributed by atoms with Crippen LogP contribution in [0.25, 0.3) is 0 Å². The number of hydrogen-bond donors (Lipinski definition) is 2. The van der Waals surface area contributed by atoms with Gasteiger partial charge in [0.15, 0.2) is 0 Å². The summed E-state index contributed by atoms with van der Waals surface area (Å²) in [5, 5.41) is 6.05. The summed E-state index contributed by atoms with van der Waals surface area (Å²) in [4.78, 5) is 26.3. The lowest BCUT2D eigenvalue weighted by Crippen LogP contribution is -2.46. The lowest BCUT2D eigenvalue weighted by molar-refractivity contribution is -0.126. The van der Waals surface area contributed by atoms with Gasteiger partial charge in [0.05, 0.1) is 25.4 Å². The van der Waals surface area contributed by atoms with Crippen LogP contribution in [0.15, 0.2) is 42.5 Å². The van der Waals surface area contributed by atoms with E-state index in [1.165, 1.54) is 19.2 Å². The van der Waals surface area contributed by atoms with Crippen LogP contribution in [0.3, 0.4) is 0 Å². The van der Waals surface area contributed by atoms with Gasteiger partial charge in [0.2, 0.25) is 11.8 Å². The van der Waals surface area contributed by atoms with Crippen molar-refractivity contribution in [3.63, 3.8) is 0 Å². The molecule has 0 bridgehead atoms. The molecule has 0 saturated carbocycles. The van der Waals surface area contributed by atoms with E-state index < -0.39 is 6.04 Å². The maximum atomic E-state index is 12.9. The first kappa shape index (κ1) is 22.6. The van der Waals surface area contributed by atoms with Gasteiger partial charge in [-0.2, -0.15) is 0 Å². The summed E-state index contributed by atoms with van der Waals surface area (Å²) in [6.07, 6.45) is 0.595. The average molecular weight is 422 g/mol. The molecule has 0 aliphatic heterocycles. The molecule has 0 fully saturated rings. The maximum Gasteiger partial charge on any atom is 0.238 e. The molecule has 0 heterocycles. The van der Waals surface area contributed by atoms with Gasteiger partial charge in [-0.3, -0.25) is 14.5 Å². The minimum absolute atomic E-state index is 0.0161. The van der Waals surface area contributed by atoms with Gasteiger partial charge in [-0.1, -0.05) is 23.7 Å². The minimum atomic E-state index is -0.504. The van der Waals surface area contributed by atoms with Crippen LogP contribution in [0.5, 0.6) is 5.75 Å². The first-order valence-corrected chi connectivity index (χ1v) is 9.53. The fraction of sp³-hybridized carbons (Fsp3) is 0.333. The van der Waals surface area contributed by atoms with Gasteiger partial charge >= 0.3 is 0 Å². The Morgan fingerprint density at radius 3 is 2.55 bits per heavy atom. The second kappa shape index (κ2) is 10.8. The van der Waals surface area contributed by atoms with Gasteiger partial charge in [0.25, 0.3) is 0 Å². The highest BCUT2D eigenvalue weighted by Crippen LogP contribution is 2.27. The van der Waals surface area contributed by atoms with E-state index in [2.05, 4.69) is 10.6 Å². The van der Waals surface area contributed by atoms with Crippen molar-refractivity contribution < 1.29 is 18.7 Å². The Balaban J connectivity index is 1.81. The second-order valence-electron chi connectivity index (χ2n) is 6.65. The zero-order valence-corrected chi connectivity index (χ0v) is 17.4. The topological polar surface area (TPSA) is 70.7 Å². The van der Waals surface area contributed by atoms with Gasteiger partial charge < -0.3 is 15.4 Å². The zero-order valence-electron chi connectivity index (χ0n) is 16.7. The van der Waals surface area contributed by atoms with Crippen LogP contribution in [0.2, 0.25) is 5.02 Å². The third-order valence-corrected chi connectivity index (χ3v) is 4.73. The Kier molecular flexibility index (Phi) is 8.42. The lowest BCUT2D eigenvalue weighted by Gasteiger charge is -2.23. The van der Waals surface area contributed by atoms with Crippen LogP contribution in [0.4, 0.5) is 10.1 Å². The number of hydrogen-bond acceptors (Lipinski definition) is 4. The SMILES string of the molecule is COc1ccc(Cl)cc1NC(=O)CN(C)C(C)C(=O)NCCc1ccc(F)cc1. The van der Waals surface area contributed by atoms with Crippen molar-refractivity contribution in [2.75, 3.05) is 32.6 Å². The molecule has 2 aromatic rings. The number of nitrogens with zero attached hydrogens (tertiary/aromatic N) is 1. The van der Waals surface area contributed by atoms with Gasteiger partial charge in [-0.25, -0.2) is 4.39 Å². The number of nitrogens with one attached hydrogen (secondary N) is 2. The second-order valence-corrected chi connectivity index (χ2v) is 7.09. The number of anilines is 1. The molecule has 0 radical (unpaired) electrons. The fourth-order valence-electron chi connectivity index (χ4n) is 2.66. The van der Waals surface area contributed by atoms with Crippen molar-refractivity contribution in [1.29, 1.82) is 0 Å². The Labute approximate surface area is 175 Å². The number of halogens is 2. The first-order valence-electron chi connectivity index (χ1n) is 9.16. The van der Waals surface area contributed by atoms with Crippen LogP contribution in [0, 0.1) is 5.82 Å². The molecule has 29 heavy (non-hydrogen) atoms. The average Bonchev–Trinajstić information content (AvgIpc) is 2.68. The van der Waals surface area contributed by atoms with E-state index in [1.54, 1.807) is 49.2 Å². The predicted octanol–water partition coefficient (Wildman–Crippen LogP) is 3.11. The van der Waals surface area contributed by atoms with Crippen LogP contribution < -0.4 is 15.4 Å². The molecular weight excluding hydrogens is 397 g/mol. The van der Waals surface area contributed by atoms with Crippen LogP contribution in [-0.2, 0) is 16.0 Å². The van der Waals surface area contributed by atoms with E-state index >= 15 is 0 Å². The summed E-state index contributed by atoms with van der Waals surface area (Å²) in [6, 6.07) is 10.6. The van der Waals surface area contributed by atoms with Gasteiger partial charge in [-0.05, 0) is 56.3 Å². The number of ether oxygens (including phenoxy) is 1. The van der Waals surface area contributed by atoms with E-state index in [4.69, 9.17) is 16.3 Å². The van der Waals surface area contributed by atoms with E-state index in [0.29, 0.717) is 29.4 Å². The van der Waals surface area contributed by atoms with E-state index in [0.717, 1.165) is 5.56 Å². The van der Waals surface area contributed by atoms with E-state index in [1.807, 2.05) is 0 Å². The molecule has 1 unspecified atom stereocenters. The number of methoxy groups -OCH3 is 1. The lowest BCUT2D eigenvalue weighted by atomic mass is 10.1. The Bertz CT molecular complexity index is 846. The molecule has 6 nitrogen and oxygen atoms in total. The Morgan fingerprint density at radius 1 is 1.21 bits per heavy atom. The van der Waals surface area contributed by atoms with Crippen molar-refractivity contribution >= 4 is 29.1 Å². The summed E-state index contributed by atoms with van der Waals surface area (Å²) in [5.74, 6) is -0.277. The largest absolute Gasteiger partial charge is 0.495 e. The van der Waals surface area contributed by atoms with E-state index in [-0.39, 0.29) is 24.2 Å². The molecule has 0 aromatic heterocycles. The normalized spacial score (nSPS) is 11.8. The highest BCUT2D eigenvalue weighted by atomic mass is 35.5. The summed E-state index contributed by atoms with van der Waals surface area (Å²) in [5.41, 5.74) is 1.40. The van der Waals surface area contributed by atoms with Crippen LogP contribution in [-0.4, -0.2) is 50.0 Å². The van der Waals surface area contributed by atoms with Crippen molar-refractivity contribution in [3.05, 3.63) is 58.9 Å². The first-order chi connectivity index (χ1) is 13.8. The van der Waals surface area contributed by atoms with Crippen LogP contribution >= 0.6 is 11.6 Å². The third-order valence-electron chi connectivity index (χ3n) is 4.50. The number of carbonyl (C=O) groups is 2. The quantitative estimate of drug-likeness (QED) is 0.652. The smallest absolute Gasteiger partial charge is 0.238 e. The highest BCUT2D eigenvalue weighted by molar-refractivity contribution is 6.31. The highest BCUT2D eigenvalue weighted by Gasteiger charge is 2.20. The molecule has 8 heteroatoms. The van der Waals surface area contributed by atoms with Crippen molar-refractivity contribution in [3.8, 4) is 5.75 Å². The molecular formula is C21H25ClFN3O3. The van der Waals surface area contributed by atoms with E-state index in [9.17, 15) is 14.0 Å². The summed E-state index contributed by atoms with van der Waals surface area (Å²) >= 11 is 5.97. The van der Waals surface area contributed by atoms with Gasteiger partial charge in [-0.15, -0.1) is 0 Å². The predicted molar refractivity (Wildman–Crippen MR) is 112 cm³/mol. The van der Waals surface area contributed by atoms with Crippen molar-refractivity contribution in [2.45, 2.75) is 19.4 Å². The van der Waals surface area contributed by atoms with Gasteiger partial charge in [0.1, 0.15) is 11.6 Å². The van der Waals surface area contributed by atoms with Gasteiger partial charge in [0, 0.05) is 11.6 Å². The number of rotatable bonds is 9. The standard InChI is InChI=1S/C21H25ClFN3O3/c1-14(21(28)24-11-10-15-4-7-17(23)8-5-15)26(2)13-20(27)25-18-12-16(22)6-9-19(18)29-3/h4-9,12,14H,10-11,13H2,1-3H3,(H,24,28)(H,25,27). The summed E-state index contributed by atoms with van der Waals surface area (Å²) < 4.78 is 18.1. The van der Waals surface area contributed by atoms with Crippen LogP contribution in [0.1, 0.15) is 12.5 Å². The molecule has 0 aliphatic rings. The number of likely N-dealkylation sites (N-methyl/N-ethyl adjacent to an activating group) is 1.